The number of oxazole rings is 1. The molecule has 0 radical (unpaired) electrons. The molecule has 0 spiro atoms. The van der Waals surface area contributed by atoms with Gasteiger partial charge in [0.05, 0.1) is 13.1 Å². The fourth-order valence-corrected chi connectivity index (χ4v) is 7.59. The average molecular weight is 1020 g/mol. The van der Waals surface area contributed by atoms with Crippen molar-refractivity contribution in [2.24, 2.45) is 5.92 Å². The van der Waals surface area contributed by atoms with Gasteiger partial charge in [-0.05, 0) is 87.2 Å². The minimum Gasteiger partial charge on any atom is -0.448 e. The molecule has 1 aromatic rings. The van der Waals surface area contributed by atoms with E-state index in [0.29, 0.717) is 44.8 Å². The molecule has 72 heavy (non-hydrogen) atoms. The normalized spacial score (nSPS) is 14.7. The summed E-state index contributed by atoms with van der Waals surface area (Å²) in [7, 11) is 3.76. The van der Waals surface area contributed by atoms with Crippen molar-refractivity contribution in [1.82, 2.24) is 62.6 Å². The lowest BCUT2D eigenvalue weighted by Gasteiger charge is -2.33. The number of likely N-dealkylation sites (tertiary alicyclic amines) is 1. The molecule has 406 valence electrons. The molecule has 2 heterocycles. The minimum atomic E-state index is -1.58. The molecule has 9 N–H and O–H groups in total. The monoisotopic (exact) mass is 1020 g/mol. The quantitative estimate of drug-likeness (QED) is 0.0458. The van der Waals surface area contributed by atoms with Crippen LogP contribution in [0.4, 0.5) is 0 Å². The van der Waals surface area contributed by atoms with Crippen LogP contribution in [0.2, 0.25) is 0 Å². The van der Waals surface area contributed by atoms with Gasteiger partial charge in [-0.2, -0.15) is 0 Å². The highest BCUT2D eigenvalue weighted by molar-refractivity contribution is 6.00. The second kappa shape index (κ2) is 29.4. The van der Waals surface area contributed by atoms with Gasteiger partial charge in [-0.15, -0.1) is 0 Å². The van der Waals surface area contributed by atoms with Crippen LogP contribution in [0.25, 0.3) is 0 Å². The van der Waals surface area contributed by atoms with Gasteiger partial charge in [0, 0.05) is 39.5 Å². The number of aryl methyl sites for hydroxylation is 1. The van der Waals surface area contributed by atoms with Crippen molar-refractivity contribution in [3.05, 3.63) is 17.8 Å². The number of hydrogen-bond donors (Lipinski definition) is 9. The summed E-state index contributed by atoms with van der Waals surface area (Å²) in [4.78, 5) is 139. The highest BCUT2D eigenvalue weighted by Crippen LogP contribution is 2.21. The second-order valence-corrected chi connectivity index (χ2v) is 20.7. The Hall–Kier alpha value is -6.13. The van der Waals surface area contributed by atoms with Crippen LogP contribution >= 0.6 is 0 Å². The summed E-state index contributed by atoms with van der Waals surface area (Å²) >= 11 is 0. The third kappa shape index (κ3) is 21.7. The van der Waals surface area contributed by atoms with Crippen LogP contribution in [0.5, 0.6) is 0 Å². The number of likely N-dealkylation sites (N-methyl/N-ethyl adjacent to an activating group) is 1. The molecule has 0 unspecified atom stereocenters. The smallest absolute Gasteiger partial charge is 0.276 e. The van der Waals surface area contributed by atoms with Gasteiger partial charge in [-0.3, -0.25) is 47.9 Å². The first-order valence-electron chi connectivity index (χ1n) is 25.1. The highest BCUT2D eigenvalue weighted by Gasteiger charge is 2.40. The van der Waals surface area contributed by atoms with Crippen molar-refractivity contribution < 1.29 is 52.4 Å². The van der Waals surface area contributed by atoms with Crippen molar-refractivity contribution in [2.45, 2.75) is 175 Å². The Morgan fingerprint density at radius 3 is 1.94 bits per heavy atom. The van der Waals surface area contributed by atoms with E-state index < -0.39 is 101 Å². The summed E-state index contributed by atoms with van der Waals surface area (Å²) in [5.74, 6) is -5.74. The Balaban J connectivity index is 1.97. The van der Waals surface area contributed by atoms with Gasteiger partial charge in [0.15, 0.2) is 11.6 Å². The Morgan fingerprint density at radius 2 is 1.32 bits per heavy atom. The minimum absolute atomic E-state index is 0.0394. The maximum Gasteiger partial charge on any atom is 0.276 e. The molecule has 1 aliphatic rings. The zero-order valence-electron chi connectivity index (χ0n) is 44.7. The Bertz CT molecular complexity index is 2030. The van der Waals surface area contributed by atoms with E-state index in [2.05, 4.69) is 59.8 Å². The van der Waals surface area contributed by atoms with Gasteiger partial charge in [0.25, 0.3) is 5.91 Å². The van der Waals surface area contributed by atoms with Gasteiger partial charge >= 0.3 is 0 Å². The number of nitrogens with zero attached hydrogens (tertiary/aromatic N) is 3. The van der Waals surface area contributed by atoms with E-state index in [1.165, 1.54) is 52.7 Å². The maximum atomic E-state index is 13.6. The van der Waals surface area contributed by atoms with E-state index in [1.807, 2.05) is 32.8 Å². The van der Waals surface area contributed by atoms with Crippen LogP contribution in [0.3, 0.4) is 0 Å². The molecule has 0 aromatic carbocycles. The number of amides is 10. The van der Waals surface area contributed by atoms with Crippen molar-refractivity contribution in [3.63, 3.8) is 0 Å². The van der Waals surface area contributed by atoms with Crippen LogP contribution in [-0.4, -0.2) is 162 Å². The van der Waals surface area contributed by atoms with Gasteiger partial charge in [0.1, 0.15) is 41.0 Å². The van der Waals surface area contributed by atoms with Crippen molar-refractivity contribution in [1.29, 1.82) is 0 Å². The van der Waals surface area contributed by atoms with Gasteiger partial charge in [-0.25, -0.2) is 4.98 Å². The van der Waals surface area contributed by atoms with E-state index in [9.17, 15) is 47.9 Å². The number of carbonyl (C=O) groups excluding carboxylic acids is 10. The maximum absolute atomic E-state index is 13.6. The number of carbonyl (C=O) groups is 10. The molecule has 2 rings (SSSR count). The van der Waals surface area contributed by atoms with Crippen LogP contribution in [-0.2, 0) is 43.2 Å². The van der Waals surface area contributed by atoms with Crippen LogP contribution in [0.15, 0.2) is 10.7 Å². The van der Waals surface area contributed by atoms with Crippen LogP contribution in [0, 0.1) is 12.8 Å². The standard InChI is InChI=1S/C49H84N12O11/c1-13-14-15-16-17-18-20-33(56-42(67)36-21-19-25-61(36)43(68)35-30-72-32(4)54-35)40(65)52-29-39(64)57-47(5,6)45(70)53-28-38(63)55-34(27-31(2)3)41(66)58-49(9,10)46(71)59-48(7,8)44(69)51-23-22-37(62)50-24-26-60(11)12/h30-31,33-34,36H,13-29H2,1-12H3,(H,50,62)(H,51,69)(H,52,65)(H,53,70)(H,55,63)(H,56,67)(H,57,64)(H,58,66)(H,59,71)/t33-,34-,36-/m0/s1. The molecular weight excluding hydrogens is 933 g/mol. The van der Waals surface area contributed by atoms with E-state index >= 15 is 0 Å². The van der Waals surface area contributed by atoms with E-state index in [1.54, 1.807) is 6.92 Å². The lowest BCUT2D eigenvalue weighted by Crippen LogP contribution is -2.64. The Morgan fingerprint density at radius 1 is 0.708 bits per heavy atom. The molecule has 1 aliphatic heterocycles. The Kier molecular flexibility index (Phi) is 25.3. The SMILES string of the molecule is CCCCCCCC[C@H](NC(=O)[C@@H]1CCCN1C(=O)c1coc(C)n1)C(=O)NCC(=O)NC(C)(C)C(=O)NCC(=O)N[C@@H](CC(C)C)C(=O)NC(C)(C)C(=O)NC(C)(C)C(=O)NCCC(=O)NCCN(C)C. The summed E-state index contributed by atoms with van der Waals surface area (Å²) in [5, 5.41) is 23.7. The fraction of sp³-hybridized carbons (Fsp3) is 0.735. The zero-order valence-corrected chi connectivity index (χ0v) is 44.7. The predicted octanol–water partition coefficient (Wildman–Crippen LogP) is 0.455. The number of nitrogens with one attached hydrogen (secondary N) is 9. The lowest BCUT2D eigenvalue weighted by atomic mass is 9.97. The van der Waals surface area contributed by atoms with Gasteiger partial charge < -0.3 is 62.1 Å². The van der Waals surface area contributed by atoms with E-state index in [-0.39, 0.29) is 43.3 Å². The lowest BCUT2D eigenvalue weighted by molar-refractivity contribution is -0.138. The molecular formula is C49H84N12O11. The molecule has 0 aliphatic carbocycles. The topological polar surface area (TPSA) is 311 Å². The molecule has 3 atom stereocenters. The van der Waals surface area contributed by atoms with Gasteiger partial charge in [0.2, 0.25) is 53.2 Å². The van der Waals surface area contributed by atoms with Crippen molar-refractivity contribution in [3.8, 4) is 0 Å². The third-order valence-electron chi connectivity index (χ3n) is 11.9. The first-order chi connectivity index (χ1) is 33.6. The zero-order chi connectivity index (χ0) is 54.4. The van der Waals surface area contributed by atoms with E-state index in [4.69, 9.17) is 4.42 Å². The Labute approximate surface area is 424 Å². The molecule has 0 bridgehead atoms. The summed E-state index contributed by atoms with van der Waals surface area (Å²) in [6, 6.07) is -2.97. The van der Waals surface area contributed by atoms with Gasteiger partial charge in [-0.1, -0.05) is 59.3 Å². The number of unbranched alkanes of at least 4 members (excludes halogenated alkanes) is 5. The third-order valence-corrected chi connectivity index (χ3v) is 11.9. The molecule has 1 aromatic heterocycles. The molecule has 23 nitrogen and oxygen atoms in total. The van der Waals surface area contributed by atoms with Crippen LogP contribution in [0.1, 0.15) is 149 Å². The molecule has 1 fully saturated rings. The van der Waals surface area contributed by atoms with E-state index in [0.717, 1.165) is 32.1 Å². The number of rotatable bonds is 31. The molecule has 1 saturated heterocycles. The first-order valence-corrected chi connectivity index (χ1v) is 25.1. The number of hydrogen-bond acceptors (Lipinski definition) is 13. The average Bonchev–Trinajstić information content (AvgIpc) is 3.96. The summed E-state index contributed by atoms with van der Waals surface area (Å²) in [5.41, 5.74) is -4.48. The predicted molar refractivity (Wildman–Crippen MR) is 268 cm³/mol. The molecule has 0 saturated carbocycles. The largest absolute Gasteiger partial charge is 0.448 e. The fourth-order valence-electron chi connectivity index (χ4n) is 7.59. The van der Waals surface area contributed by atoms with Crippen molar-refractivity contribution >= 4 is 59.1 Å². The molecule has 23 heteroatoms. The summed E-state index contributed by atoms with van der Waals surface area (Å²) in [6.07, 6.45) is 8.30. The number of aromatic nitrogens is 1. The summed E-state index contributed by atoms with van der Waals surface area (Å²) < 4.78 is 5.19. The van der Waals surface area contributed by atoms with Crippen LogP contribution < -0.4 is 47.9 Å². The van der Waals surface area contributed by atoms with Crippen molar-refractivity contribution in [2.75, 3.05) is 53.4 Å². The second-order valence-electron chi connectivity index (χ2n) is 20.7. The summed E-state index contributed by atoms with van der Waals surface area (Å²) in [6.45, 7) is 16.4. The highest BCUT2D eigenvalue weighted by atomic mass is 16.3. The molecule has 10 amide bonds. The first kappa shape index (κ1) is 62.0.